The van der Waals surface area contributed by atoms with Gasteiger partial charge in [0.15, 0.2) is 11.5 Å². The molecule has 2 aliphatic rings. The summed E-state index contributed by atoms with van der Waals surface area (Å²) in [4.78, 5) is 28.2. The number of halogens is 1. The smallest absolute Gasteiger partial charge is 0.251 e. The zero-order valence-electron chi connectivity index (χ0n) is 17.0. The van der Waals surface area contributed by atoms with Crippen LogP contribution in [-0.2, 0) is 17.9 Å². The van der Waals surface area contributed by atoms with E-state index in [-0.39, 0.29) is 18.6 Å². The molecule has 162 valence electrons. The van der Waals surface area contributed by atoms with Crippen molar-refractivity contribution in [3.63, 3.8) is 0 Å². The number of hydrogen-bond donors (Lipinski definition) is 1. The maximum Gasteiger partial charge on any atom is 0.251 e. The quantitative estimate of drug-likeness (QED) is 0.593. The lowest BCUT2D eigenvalue weighted by Gasteiger charge is -2.29. The summed E-state index contributed by atoms with van der Waals surface area (Å²) in [6.07, 6.45) is 0. The number of benzene rings is 3. The number of nitrogens with zero attached hydrogens (tertiary/aromatic N) is 1. The fourth-order valence-corrected chi connectivity index (χ4v) is 4.80. The molecule has 1 N–H and O–H groups in total. The van der Waals surface area contributed by atoms with Gasteiger partial charge in [-0.15, -0.1) is 11.8 Å². The van der Waals surface area contributed by atoms with Gasteiger partial charge >= 0.3 is 0 Å². The number of nitrogens with one attached hydrogen (secondary N) is 1. The number of amides is 2. The molecule has 0 saturated heterocycles. The third kappa shape index (κ3) is 4.26. The molecule has 2 amide bonds. The first-order valence-electron chi connectivity index (χ1n) is 10.1. The number of thioether (sulfide) groups is 1. The second-order valence-corrected chi connectivity index (χ2v) is 8.90. The van der Waals surface area contributed by atoms with Gasteiger partial charge in [0.05, 0.1) is 18.0 Å². The topological polar surface area (TPSA) is 67.9 Å². The van der Waals surface area contributed by atoms with Crippen LogP contribution in [0.4, 0.5) is 5.69 Å². The highest BCUT2D eigenvalue weighted by Gasteiger charge is 2.26. The molecule has 2 heterocycles. The van der Waals surface area contributed by atoms with E-state index >= 15 is 0 Å². The normalized spacial score (nSPS) is 14.3. The largest absolute Gasteiger partial charge is 0.454 e. The Bertz CT molecular complexity index is 1220. The Balaban J connectivity index is 1.34. The molecular weight excluding hydrogens is 448 g/mol. The van der Waals surface area contributed by atoms with Crippen molar-refractivity contribution >= 4 is 40.9 Å². The van der Waals surface area contributed by atoms with Gasteiger partial charge in [0, 0.05) is 22.0 Å². The molecule has 0 aliphatic carbocycles. The minimum absolute atomic E-state index is 0.000364. The second-order valence-electron chi connectivity index (χ2n) is 7.45. The van der Waals surface area contributed by atoms with Crippen molar-refractivity contribution in [2.45, 2.75) is 18.0 Å². The van der Waals surface area contributed by atoms with E-state index in [1.165, 1.54) is 11.8 Å². The third-order valence-corrected chi connectivity index (χ3v) is 6.57. The lowest BCUT2D eigenvalue weighted by molar-refractivity contribution is -0.116. The number of carbonyl (C=O) groups is 2. The molecule has 0 radical (unpaired) electrons. The van der Waals surface area contributed by atoms with Crippen LogP contribution >= 0.6 is 23.4 Å². The van der Waals surface area contributed by atoms with E-state index in [2.05, 4.69) is 5.32 Å². The van der Waals surface area contributed by atoms with Crippen LogP contribution in [0.5, 0.6) is 11.5 Å². The molecule has 3 aromatic rings. The fourth-order valence-electron chi connectivity index (χ4n) is 3.67. The van der Waals surface area contributed by atoms with Crippen molar-refractivity contribution in [2.24, 2.45) is 0 Å². The van der Waals surface area contributed by atoms with Gasteiger partial charge in [0.2, 0.25) is 12.7 Å². The molecule has 0 fully saturated rings. The van der Waals surface area contributed by atoms with Crippen LogP contribution < -0.4 is 19.7 Å². The SMILES string of the molecule is O=C(NCc1ccc2c(c1)OCO2)c1ccc2c(c1)N(Cc1cccc(Cl)c1)C(=O)CS2. The van der Waals surface area contributed by atoms with Crippen molar-refractivity contribution in [2.75, 3.05) is 17.4 Å². The maximum absolute atomic E-state index is 12.8. The van der Waals surface area contributed by atoms with Gasteiger partial charge in [0.25, 0.3) is 5.91 Å². The Kier molecular flexibility index (Phi) is 5.68. The highest BCUT2D eigenvalue weighted by Crippen LogP contribution is 2.37. The van der Waals surface area contributed by atoms with E-state index in [0.717, 1.165) is 21.7 Å². The van der Waals surface area contributed by atoms with E-state index in [0.29, 0.717) is 40.9 Å². The van der Waals surface area contributed by atoms with Crippen LogP contribution in [0.3, 0.4) is 0 Å². The summed E-state index contributed by atoms with van der Waals surface area (Å²) in [5.41, 5.74) is 3.08. The van der Waals surface area contributed by atoms with E-state index in [1.54, 1.807) is 23.1 Å². The zero-order valence-corrected chi connectivity index (χ0v) is 18.5. The molecule has 0 aromatic heterocycles. The third-order valence-electron chi connectivity index (χ3n) is 5.28. The summed E-state index contributed by atoms with van der Waals surface area (Å²) in [5, 5.41) is 3.56. The van der Waals surface area contributed by atoms with Gasteiger partial charge in [-0.25, -0.2) is 0 Å². The second kappa shape index (κ2) is 8.76. The lowest BCUT2D eigenvalue weighted by Crippen LogP contribution is -2.35. The maximum atomic E-state index is 12.8. The number of anilines is 1. The molecule has 0 bridgehead atoms. The summed E-state index contributed by atoms with van der Waals surface area (Å²) < 4.78 is 10.7. The molecule has 6 nitrogen and oxygen atoms in total. The van der Waals surface area contributed by atoms with Gasteiger partial charge in [0.1, 0.15) is 0 Å². The minimum Gasteiger partial charge on any atom is -0.454 e. The van der Waals surface area contributed by atoms with Crippen molar-refractivity contribution in [1.29, 1.82) is 0 Å². The minimum atomic E-state index is -0.212. The van der Waals surface area contributed by atoms with Crippen molar-refractivity contribution < 1.29 is 19.1 Å². The molecule has 0 spiro atoms. The van der Waals surface area contributed by atoms with E-state index < -0.39 is 0 Å². The first kappa shape index (κ1) is 20.7. The van der Waals surface area contributed by atoms with Crippen LogP contribution in [0.15, 0.2) is 65.6 Å². The van der Waals surface area contributed by atoms with Crippen molar-refractivity contribution in [1.82, 2.24) is 5.32 Å². The number of ether oxygens (including phenoxy) is 2. The van der Waals surface area contributed by atoms with E-state index in [1.807, 2.05) is 42.5 Å². The summed E-state index contributed by atoms with van der Waals surface area (Å²) in [7, 11) is 0. The first-order chi connectivity index (χ1) is 15.6. The Hall–Kier alpha value is -3.16. The van der Waals surface area contributed by atoms with Crippen LogP contribution in [0, 0.1) is 0 Å². The average molecular weight is 467 g/mol. The summed E-state index contributed by atoms with van der Waals surface area (Å²) in [6, 6.07) is 18.5. The molecular formula is C24H19ClN2O4S. The van der Waals surface area contributed by atoms with Gasteiger partial charge in [-0.2, -0.15) is 0 Å². The predicted octanol–water partition coefficient (Wildman–Crippen LogP) is 4.64. The molecule has 32 heavy (non-hydrogen) atoms. The van der Waals surface area contributed by atoms with Gasteiger partial charge in [-0.3, -0.25) is 9.59 Å². The standard InChI is InChI=1S/C24H19ClN2O4S/c25-18-3-1-2-16(8-18)12-27-19-10-17(5-7-22(19)32-13-23(27)28)24(29)26-11-15-4-6-20-21(9-15)31-14-30-20/h1-10H,11-14H2,(H,26,29). The van der Waals surface area contributed by atoms with Crippen LogP contribution in [0.2, 0.25) is 5.02 Å². The van der Waals surface area contributed by atoms with Crippen molar-refractivity contribution in [3.8, 4) is 11.5 Å². The van der Waals surface area contributed by atoms with Crippen LogP contribution in [0.1, 0.15) is 21.5 Å². The molecule has 3 aromatic carbocycles. The monoisotopic (exact) mass is 466 g/mol. The molecule has 0 atom stereocenters. The highest BCUT2D eigenvalue weighted by molar-refractivity contribution is 8.00. The Morgan fingerprint density at radius 2 is 1.91 bits per heavy atom. The Morgan fingerprint density at radius 3 is 2.78 bits per heavy atom. The Labute approximate surface area is 194 Å². The molecule has 0 unspecified atom stereocenters. The molecule has 5 rings (SSSR count). The fraction of sp³-hybridized carbons (Fsp3) is 0.167. The zero-order chi connectivity index (χ0) is 22.1. The molecule has 2 aliphatic heterocycles. The Morgan fingerprint density at radius 1 is 1.03 bits per heavy atom. The number of rotatable bonds is 5. The van der Waals surface area contributed by atoms with Gasteiger partial charge < -0.3 is 19.7 Å². The molecule has 8 heteroatoms. The van der Waals surface area contributed by atoms with E-state index in [4.69, 9.17) is 21.1 Å². The number of carbonyl (C=O) groups excluding carboxylic acids is 2. The highest BCUT2D eigenvalue weighted by atomic mass is 35.5. The molecule has 0 saturated carbocycles. The van der Waals surface area contributed by atoms with E-state index in [9.17, 15) is 9.59 Å². The van der Waals surface area contributed by atoms with Crippen molar-refractivity contribution in [3.05, 3.63) is 82.4 Å². The van der Waals surface area contributed by atoms with Gasteiger partial charge in [-0.05, 0) is 53.6 Å². The van der Waals surface area contributed by atoms with Crippen LogP contribution in [0.25, 0.3) is 0 Å². The first-order valence-corrected chi connectivity index (χ1v) is 11.4. The number of hydrogen-bond acceptors (Lipinski definition) is 5. The van der Waals surface area contributed by atoms with Crippen LogP contribution in [-0.4, -0.2) is 24.4 Å². The lowest BCUT2D eigenvalue weighted by atomic mass is 10.1. The summed E-state index contributed by atoms with van der Waals surface area (Å²) in [6.45, 7) is 0.963. The average Bonchev–Trinajstić information content (AvgIpc) is 3.27. The van der Waals surface area contributed by atoms with Gasteiger partial charge in [-0.1, -0.05) is 29.8 Å². The summed E-state index contributed by atoms with van der Waals surface area (Å²) >= 11 is 7.59. The number of fused-ring (bicyclic) bond motifs is 2. The summed E-state index contributed by atoms with van der Waals surface area (Å²) in [5.74, 6) is 1.54. The predicted molar refractivity (Wildman–Crippen MR) is 124 cm³/mol.